The molecule has 0 bridgehead atoms. The molecule has 8 nitrogen and oxygen atoms in total. The smallest absolute Gasteiger partial charge is 0.292 e. The highest BCUT2D eigenvalue weighted by Crippen LogP contribution is 2.34. The summed E-state index contributed by atoms with van der Waals surface area (Å²) in [6.45, 7) is 0.276. The van der Waals surface area contributed by atoms with Gasteiger partial charge in [-0.3, -0.25) is 14.9 Å². The molecule has 0 aliphatic heterocycles. The van der Waals surface area contributed by atoms with Crippen LogP contribution in [-0.2, 0) is 17.8 Å². The summed E-state index contributed by atoms with van der Waals surface area (Å²) in [5.41, 5.74) is 2.03. The van der Waals surface area contributed by atoms with Gasteiger partial charge in [-0.05, 0) is 54.3 Å². The number of nitrogens with zero attached hydrogens (tertiary/aromatic N) is 2. The fourth-order valence-electron chi connectivity index (χ4n) is 5.13. The number of amides is 1. The van der Waals surface area contributed by atoms with Gasteiger partial charge in [0.1, 0.15) is 11.7 Å². The molecule has 206 valence electrons. The van der Waals surface area contributed by atoms with Crippen LogP contribution in [0.5, 0.6) is 11.5 Å². The Morgan fingerprint density at radius 2 is 1.67 bits per heavy atom. The standard InChI is InChI=1S/C30H34ClN3O5/c1-38-28-17-14-22(19-29(28)39-2)18-27(30(35)32-24-8-4-3-5-9-24)33(20-21-12-15-23(31)16-13-21)25-10-6-7-11-26(25)34(36)37/h6-7,10-17,19,24,27H,3-5,8-9,18,20H2,1-2H3,(H,32,35). The van der Waals surface area contributed by atoms with Crippen LogP contribution >= 0.6 is 11.6 Å². The highest BCUT2D eigenvalue weighted by atomic mass is 35.5. The van der Waals surface area contributed by atoms with Crippen LogP contribution in [0.2, 0.25) is 5.02 Å². The Morgan fingerprint density at radius 3 is 2.33 bits per heavy atom. The second-order valence-corrected chi connectivity index (χ2v) is 10.2. The first-order valence-electron chi connectivity index (χ1n) is 13.2. The Hall–Kier alpha value is -3.78. The van der Waals surface area contributed by atoms with Gasteiger partial charge in [0.15, 0.2) is 11.5 Å². The molecule has 9 heteroatoms. The van der Waals surface area contributed by atoms with Crippen molar-refractivity contribution in [3.8, 4) is 11.5 Å². The molecular weight excluding hydrogens is 518 g/mol. The van der Waals surface area contributed by atoms with Crippen LogP contribution in [0, 0.1) is 10.1 Å². The second kappa shape index (κ2) is 13.3. The lowest BCUT2D eigenvalue weighted by atomic mass is 9.94. The Morgan fingerprint density at radius 1 is 1.00 bits per heavy atom. The molecule has 1 unspecified atom stereocenters. The Labute approximate surface area is 234 Å². The zero-order chi connectivity index (χ0) is 27.8. The maximum atomic E-state index is 14.0. The van der Waals surface area contributed by atoms with E-state index in [0.717, 1.165) is 36.8 Å². The van der Waals surface area contributed by atoms with Gasteiger partial charge in [-0.1, -0.05) is 61.2 Å². The number of rotatable bonds is 11. The number of nitrogens with one attached hydrogen (secondary N) is 1. The lowest BCUT2D eigenvalue weighted by Crippen LogP contribution is -2.51. The molecule has 1 atom stereocenters. The van der Waals surface area contributed by atoms with Crippen molar-refractivity contribution in [1.82, 2.24) is 5.32 Å². The van der Waals surface area contributed by atoms with Crippen molar-refractivity contribution in [2.45, 2.75) is 57.2 Å². The number of carbonyl (C=O) groups is 1. The highest BCUT2D eigenvalue weighted by molar-refractivity contribution is 6.30. The topological polar surface area (TPSA) is 93.9 Å². The molecule has 0 aromatic heterocycles. The number of ether oxygens (including phenoxy) is 2. The molecule has 3 aromatic carbocycles. The van der Waals surface area contributed by atoms with Crippen molar-refractivity contribution >= 4 is 28.9 Å². The van der Waals surface area contributed by atoms with E-state index in [1.807, 2.05) is 29.2 Å². The van der Waals surface area contributed by atoms with Crippen molar-refractivity contribution in [2.24, 2.45) is 0 Å². The SMILES string of the molecule is COc1ccc(CC(C(=O)NC2CCCCC2)N(Cc2ccc(Cl)cc2)c2ccccc2[N+](=O)[O-])cc1OC. The number of anilines is 1. The van der Waals surface area contributed by atoms with Gasteiger partial charge in [0, 0.05) is 30.1 Å². The van der Waals surface area contributed by atoms with Crippen LogP contribution < -0.4 is 19.7 Å². The third-order valence-electron chi connectivity index (χ3n) is 7.16. The maximum absolute atomic E-state index is 14.0. The minimum atomic E-state index is -0.734. The lowest BCUT2D eigenvalue weighted by Gasteiger charge is -2.34. The number of methoxy groups -OCH3 is 2. The Kier molecular flexibility index (Phi) is 9.65. The fraction of sp³-hybridized carbons (Fsp3) is 0.367. The normalized spacial score (nSPS) is 14.3. The first-order valence-corrected chi connectivity index (χ1v) is 13.5. The van der Waals surface area contributed by atoms with Gasteiger partial charge in [0.2, 0.25) is 5.91 Å². The monoisotopic (exact) mass is 551 g/mol. The maximum Gasteiger partial charge on any atom is 0.292 e. The summed E-state index contributed by atoms with van der Waals surface area (Å²) in [4.78, 5) is 27.5. The van der Waals surface area contributed by atoms with Crippen molar-refractivity contribution in [3.63, 3.8) is 0 Å². The number of carbonyl (C=O) groups excluding carboxylic acids is 1. The summed E-state index contributed by atoms with van der Waals surface area (Å²) in [7, 11) is 3.13. The van der Waals surface area contributed by atoms with E-state index in [9.17, 15) is 14.9 Å². The van der Waals surface area contributed by atoms with Crippen molar-refractivity contribution < 1.29 is 19.2 Å². The number of para-hydroxylation sites is 2. The highest BCUT2D eigenvalue weighted by Gasteiger charge is 2.32. The number of hydrogen-bond acceptors (Lipinski definition) is 6. The first-order chi connectivity index (χ1) is 18.9. The van der Waals surface area contributed by atoms with Crippen molar-refractivity contribution in [3.05, 3.63) is 93.0 Å². The molecule has 0 saturated heterocycles. The molecule has 4 rings (SSSR count). The van der Waals surface area contributed by atoms with Crippen molar-refractivity contribution in [1.29, 1.82) is 0 Å². The molecule has 3 aromatic rings. The van der Waals surface area contributed by atoms with E-state index in [4.69, 9.17) is 21.1 Å². The molecule has 1 fully saturated rings. The molecule has 1 amide bonds. The number of hydrogen-bond donors (Lipinski definition) is 1. The Balaban J connectivity index is 1.78. The third-order valence-corrected chi connectivity index (χ3v) is 7.41. The first kappa shape index (κ1) is 28.2. The van der Waals surface area contributed by atoms with Crippen LogP contribution in [-0.4, -0.2) is 37.1 Å². The number of nitro benzene ring substituents is 1. The van der Waals surface area contributed by atoms with Crippen LogP contribution in [0.4, 0.5) is 11.4 Å². The summed E-state index contributed by atoms with van der Waals surface area (Å²) in [5, 5.41) is 15.9. The minimum absolute atomic E-state index is 0.0609. The van der Waals surface area contributed by atoms with E-state index in [0.29, 0.717) is 28.6 Å². The summed E-state index contributed by atoms with van der Waals surface area (Å²) >= 11 is 6.12. The summed E-state index contributed by atoms with van der Waals surface area (Å²) < 4.78 is 10.9. The van der Waals surface area contributed by atoms with Gasteiger partial charge in [-0.25, -0.2) is 0 Å². The van der Waals surface area contributed by atoms with Gasteiger partial charge in [-0.2, -0.15) is 0 Å². The molecule has 39 heavy (non-hydrogen) atoms. The Bertz CT molecular complexity index is 1280. The van der Waals surface area contributed by atoms with E-state index < -0.39 is 11.0 Å². The van der Waals surface area contributed by atoms with Crippen LogP contribution in [0.25, 0.3) is 0 Å². The molecule has 1 aliphatic rings. The van der Waals surface area contributed by atoms with Gasteiger partial charge in [0.05, 0.1) is 19.1 Å². The van der Waals surface area contributed by atoms with Crippen LogP contribution in [0.1, 0.15) is 43.2 Å². The van der Waals surface area contributed by atoms with E-state index in [1.165, 1.54) is 12.5 Å². The largest absolute Gasteiger partial charge is 0.493 e. The van der Waals surface area contributed by atoms with Crippen molar-refractivity contribution in [2.75, 3.05) is 19.1 Å². The number of halogens is 1. The molecule has 0 heterocycles. The van der Waals surface area contributed by atoms with Gasteiger partial charge < -0.3 is 19.7 Å². The minimum Gasteiger partial charge on any atom is -0.493 e. The lowest BCUT2D eigenvalue weighted by molar-refractivity contribution is -0.384. The average Bonchev–Trinajstić information content (AvgIpc) is 2.96. The van der Waals surface area contributed by atoms with E-state index in [1.54, 1.807) is 50.6 Å². The van der Waals surface area contributed by atoms with E-state index >= 15 is 0 Å². The van der Waals surface area contributed by atoms with E-state index in [2.05, 4.69) is 5.32 Å². The summed E-state index contributed by atoms with van der Waals surface area (Å²) in [6.07, 6.45) is 5.47. The predicted molar refractivity (Wildman–Crippen MR) is 153 cm³/mol. The zero-order valence-electron chi connectivity index (χ0n) is 22.3. The summed E-state index contributed by atoms with van der Waals surface area (Å²) in [5.74, 6) is 0.973. The summed E-state index contributed by atoms with van der Waals surface area (Å²) in [6, 6.07) is 18.7. The molecule has 1 aliphatic carbocycles. The van der Waals surface area contributed by atoms with Crippen LogP contribution in [0.15, 0.2) is 66.7 Å². The predicted octanol–water partition coefficient (Wildman–Crippen LogP) is 6.33. The quantitative estimate of drug-likeness (QED) is 0.221. The third kappa shape index (κ3) is 7.20. The number of benzene rings is 3. The molecule has 1 N–H and O–H groups in total. The molecule has 0 radical (unpaired) electrons. The fourth-order valence-corrected chi connectivity index (χ4v) is 5.26. The second-order valence-electron chi connectivity index (χ2n) is 9.75. The van der Waals surface area contributed by atoms with Gasteiger partial charge in [0.25, 0.3) is 5.69 Å². The van der Waals surface area contributed by atoms with Gasteiger partial charge >= 0.3 is 0 Å². The van der Waals surface area contributed by atoms with E-state index in [-0.39, 0.29) is 24.2 Å². The molecule has 1 saturated carbocycles. The molecular formula is C30H34ClN3O5. The number of nitro groups is 1. The molecule has 0 spiro atoms. The van der Waals surface area contributed by atoms with Crippen LogP contribution in [0.3, 0.4) is 0 Å². The van der Waals surface area contributed by atoms with Gasteiger partial charge in [-0.15, -0.1) is 0 Å². The zero-order valence-corrected chi connectivity index (χ0v) is 23.0. The average molecular weight is 552 g/mol.